The number of halogens is 1. The molecule has 3 heterocycles. The third-order valence-electron chi connectivity index (χ3n) is 3.97. The van der Waals surface area contributed by atoms with Crippen LogP contribution in [0.2, 0.25) is 5.02 Å². The number of benzene rings is 1. The van der Waals surface area contributed by atoms with Crippen molar-refractivity contribution in [3.05, 3.63) is 83.0 Å². The summed E-state index contributed by atoms with van der Waals surface area (Å²) in [6.45, 7) is 0.352. The Balaban J connectivity index is 1.72. The van der Waals surface area contributed by atoms with Crippen LogP contribution in [0.3, 0.4) is 0 Å². The van der Waals surface area contributed by atoms with Crippen LogP contribution in [0.15, 0.2) is 65.4 Å². The minimum Gasteiger partial charge on any atom is -0.467 e. The van der Waals surface area contributed by atoms with Crippen molar-refractivity contribution in [1.82, 2.24) is 9.88 Å². The first-order chi connectivity index (χ1) is 11.7. The summed E-state index contributed by atoms with van der Waals surface area (Å²) in [6, 6.07) is 14.6. The summed E-state index contributed by atoms with van der Waals surface area (Å²) in [5.74, 6) is 0.626. The highest BCUT2D eigenvalue weighted by Crippen LogP contribution is 2.35. The maximum Gasteiger partial charge on any atom is 0.258 e. The molecule has 120 valence electrons. The van der Waals surface area contributed by atoms with Crippen LogP contribution in [0.5, 0.6) is 0 Å². The van der Waals surface area contributed by atoms with Crippen molar-refractivity contribution in [3.8, 4) is 0 Å². The zero-order chi connectivity index (χ0) is 16.5. The van der Waals surface area contributed by atoms with Crippen LogP contribution >= 0.6 is 11.6 Å². The SMILES string of the molecule is O=C1c2cccnc2C(Nc2ccccc2Cl)N1Cc1ccco1. The number of hydrogen-bond acceptors (Lipinski definition) is 4. The topological polar surface area (TPSA) is 58.4 Å². The number of amides is 1. The highest BCUT2D eigenvalue weighted by atomic mass is 35.5. The number of carbonyl (C=O) groups excluding carboxylic acids is 1. The molecule has 2 aromatic heterocycles. The maximum absolute atomic E-state index is 12.8. The zero-order valence-electron chi connectivity index (χ0n) is 12.6. The number of rotatable bonds is 4. The van der Waals surface area contributed by atoms with Crippen molar-refractivity contribution >= 4 is 23.2 Å². The number of aromatic nitrogens is 1. The predicted molar refractivity (Wildman–Crippen MR) is 90.6 cm³/mol. The summed E-state index contributed by atoms with van der Waals surface area (Å²) < 4.78 is 5.40. The molecule has 5 nitrogen and oxygen atoms in total. The van der Waals surface area contributed by atoms with Gasteiger partial charge in [-0.3, -0.25) is 9.78 Å². The third-order valence-corrected chi connectivity index (χ3v) is 4.30. The molecule has 0 saturated carbocycles. The first-order valence-corrected chi connectivity index (χ1v) is 7.91. The molecule has 0 radical (unpaired) electrons. The number of pyridine rings is 1. The van der Waals surface area contributed by atoms with Gasteiger partial charge in [-0.15, -0.1) is 0 Å². The number of carbonyl (C=O) groups is 1. The van der Waals surface area contributed by atoms with Crippen LogP contribution in [0.25, 0.3) is 0 Å². The number of furan rings is 1. The average molecular weight is 340 g/mol. The monoisotopic (exact) mass is 339 g/mol. The summed E-state index contributed by atoms with van der Waals surface area (Å²) in [4.78, 5) is 18.9. The van der Waals surface area contributed by atoms with Gasteiger partial charge in [-0.25, -0.2) is 0 Å². The molecule has 1 aromatic carbocycles. The molecule has 0 bridgehead atoms. The van der Waals surface area contributed by atoms with Crippen LogP contribution < -0.4 is 5.32 Å². The Labute approximate surface area is 143 Å². The van der Waals surface area contributed by atoms with Gasteiger partial charge in [-0.05, 0) is 36.4 Å². The minimum atomic E-state index is -0.404. The fraction of sp³-hybridized carbons (Fsp3) is 0.111. The molecule has 3 aromatic rings. The highest BCUT2D eigenvalue weighted by Gasteiger charge is 2.38. The van der Waals surface area contributed by atoms with Gasteiger partial charge in [-0.1, -0.05) is 23.7 Å². The number of hydrogen-bond donors (Lipinski definition) is 1. The standard InChI is InChI=1S/C18H14ClN3O2/c19-14-7-1-2-8-15(14)21-17-16-13(6-3-9-20-16)18(23)22(17)11-12-5-4-10-24-12/h1-10,17,21H,11H2. The molecule has 0 aliphatic carbocycles. The Kier molecular flexibility index (Phi) is 3.70. The molecule has 0 saturated heterocycles. The molecule has 1 N–H and O–H groups in total. The van der Waals surface area contributed by atoms with E-state index in [1.807, 2.05) is 24.3 Å². The number of para-hydroxylation sites is 1. The second-order valence-corrected chi connectivity index (χ2v) is 5.88. The Bertz CT molecular complexity index is 879. The van der Waals surface area contributed by atoms with Gasteiger partial charge in [0.05, 0.1) is 34.8 Å². The van der Waals surface area contributed by atoms with E-state index in [4.69, 9.17) is 16.0 Å². The lowest BCUT2D eigenvalue weighted by atomic mass is 10.2. The van der Waals surface area contributed by atoms with Gasteiger partial charge in [-0.2, -0.15) is 0 Å². The first kappa shape index (κ1) is 14.8. The van der Waals surface area contributed by atoms with Crippen molar-refractivity contribution in [2.75, 3.05) is 5.32 Å². The molecular formula is C18H14ClN3O2. The molecule has 6 heteroatoms. The second kappa shape index (κ2) is 6.02. The molecule has 24 heavy (non-hydrogen) atoms. The highest BCUT2D eigenvalue weighted by molar-refractivity contribution is 6.33. The maximum atomic E-state index is 12.8. The van der Waals surface area contributed by atoms with E-state index >= 15 is 0 Å². The molecule has 1 amide bonds. The molecule has 0 spiro atoms. The summed E-state index contributed by atoms with van der Waals surface area (Å²) in [6.07, 6.45) is 2.88. The molecule has 1 atom stereocenters. The first-order valence-electron chi connectivity index (χ1n) is 7.53. The van der Waals surface area contributed by atoms with Crippen LogP contribution in [0, 0.1) is 0 Å². The van der Waals surface area contributed by atoms with Crippen molar-refractivity contribution < 1.29 is 9.21 Å². The van der Waals surface area contributed by atoms with Crippen molar-refractivity contribution in [2.24, 2.45) is 0 Å². The summed E-state index contributed by atoms with van der Waals surface area (Å²) in [7, 11) is 0. The Hall–Kier alpha value is -2.79. The number of nitrogens with zero attached hydrogens (tertiary/aromatic N) is 2. The Morgan fingerprint density at radius 3 is 2.83 bits per heavy atom. The Morgan fingerprint density at radius 1 is 1.17 bits per heavy atom. The molecule has 1 aliphatic heterocycles. The fourth-order valence-electron chi connectivity index (χ4n) is 2.84. The lowest BCUT2D eigenvalue weighted by Gasteiger charge is -2.26. The van der Waals surface area contributed by atoms with Crippen molar-refractivity contribution in [3.63, 3.8) is 0 Å². The average Bonchev–Trinajstić information content (AvgIpc) is 3.20. The van der Waals surface area contributed by atoms with E-state index < -0.39 is 6.17 Å². The van der Waals surface area contributed by atoms with Gasteiger partial charge < -0.3 is 14.6 Å². The second-order valence-electron chi connectivity index (χ2n) is 5.48. The van der Waals surface area contributed by atoms with Crippen molar-refractivity contribution in [1.29, 1.82) is 0 Å². The normalized spacial score (nSPS) is 16.3. The molecular weight excluding hydrogens is 326 g/mol. The van der Waals surface area contributed by atoms with Crippen molar-refractivity contribution in [2.45, 2.75) is 12.7 Å². The van der Waals surface area contributed by atoms with Crippen LogP contribution in [-0.2, 0) is 6.54 Å². The molecule has 1 aliphatic rings. The van der Waals surface area contributed by atoms with E-state index in [1.54, 1.807) is 41.6 Å². The summed E-state index contributed by atoms with van der Waals surface area (Å²) in [5.41, 5.74) is 2.03. The fourth-order valence-corrected chi connectivity index (χ4v) is 3.03. The Morgan fingerprint density at radius 2 is 2.04 bits per heavy atom. The smallest absolute Gasteiger partial charge is 0.258 e. The quantitative estimate of drug-likeness (QED) is 0.777. The minimum absolute atomic E-state index is 0.0842. The predicted octanol–water partition coefficient (Wildman–Crippen LogP) is 4.09. The zero-order valence-corrected chi connectivity index (χ0v) is 13.4. The summed E-state index contributed by atoms with van der Waals surface area (Å²) >= 11 is 6.25. The van der Waals surface area contributed by atoms with Gasteiger partial charge >= 0.3 is 0 Å². The van der Waals surface area contributed by atoms with Crippen LogP contribution in [0.4, 0.5) is 5.69 Å². The van der Waals surface area contributed by atoms with Gasteiger partial charge in [0.2, 0.25) is 0 Å². The van der Waals surface area contributed by atoms with E-state index in [1.165, 1.54) is 0 Å². The van der Waals surface area contributed by atoms with Crippen LogP contribution in [0.1, 0.15) is 28.0 Å². The van der Waals surface area contributed by atoms with Crippen LogP contribution in [-0.4, -0.2) is 15.8 Å². The molecule has 1 unspecified atom stereocenters. The molecule has 0 fully saturated rings. The summed E-state index contributed by atoms with van der Waals surface area (Å²) in [5, 5.41) is 3.92. The van der Waals surface area contributed by atoms with E-state index in [0.717, 1.165) is 5.69 Å². The lowest BCUT2D eigenvalue weighted by molar-refractivity contribution is 0.0714. The third kappa shape index (κ3) is 2.53. The van der Waals surface area contributed by atoms with E-state index in [0.29, 0.717) is 28.6 Å². The number of nitrogens with one attached hydrogen (secondary N) is 1. The van der Waals surface area contributed by atoms with Gasteiger partial charge in [0.1, 0.15) is 11.9 Å². The van der Waals surface area contributed by atoms with Gasteiger partial charge in [0.15, 0.2) is 0 Å². The number of fused-ring (bicyclic) bond motifs is 1. The largest absolute Gasteiger partial charge is 0.467 e. The number of anilines is 1. The van der Waals surface area contributed by atoms with E-state index in [2.05, 4.69) is 10.3 Å². The van der Waals surface area contributed by atoms with E-state index in [-0.39, 0.29) is 5.91 Å². The lowest BCUT2D eigenvalue weighted by Crippen LogP contribution is -2.32. The molecule has 4 rings (SSSR count). The van der Waals surface area contributed by atoms with Gasteiger partial charge in [0.25, 0.3) is 5.91 Å². The van der Waals surface area contributed by atoms with Gasteiger partial charge in [0, 0.05) is 6.20 Å². The van der Waals surface area contributed by atoms with E-state index in [9.17, 15) is 4.79 Å².